The maximum atomic E-state index is 12.5. The first-order chi connectivity index (χ1) is 9.60. The average molecular weight is 304 g/mol. The molecule has 21 heavy (non-hydrogen) atoms. The molecule has 0 aliphatic carbocycles. The summed E-state index contributed by atoms with van der Waals surface area (Å²) in [4.78, 5) is 12.8. The van der Waals surface area contributed by atoms with Gasteiger partial charge < -0.3 is 15.7 Å². The average Bonchev–Trinajstić information content (AvgIpc) is 2.36. The number of hydrogen-bond acceptors (Lipinski definition) is 3. The first kappa shape index (κ1) is 17.3. The Labute approximate surface area is 121 Å². The summed E-state index contributed by atoms with van der Waals surface area (Å²) in [6, 6.07) is 4.37. The van der Waals surface area contributed by atoms with Crippen LogP contribution in [0.5, 0.6) is 5.75 Å². The van der Waals surface area contributed by atoms with Crippen molar-refractivity contribution in [1.29, 1.82) is 0 Å². The van der Waals surface area contributed by atoms with Crippen molar-refractivity contribution in [3.05, 3.63) is 29.8 Å². The topological polar surface area (TPSA) is 66.6 Å². The number of aromatic hydroxyl groups is 1. The third kappa shape index (κ3) is 5.63. The Morgan fingerprint density at radius 3 is 2.24 bits per heavy atom. The molecule has 0 aliphatic heterocycles. The molecule has 0 aliphatic rings. The molecule has 4 nitrogen and oxygen atoms in total. The number of phenols is 1. The van der Waals surface area contributed by atoms with Gasteiger partial charge in [0.05, 0.1) is 6.04 Å². The van der Waals surface area contributed by atoms with E-state index in [1.165, 1.54) is 26.0 Å². The molecule has 0 heterocycles. The summed E-state index contributed by atoms with van der Waals surface area (Å²) in [5, 5.41) is 9.16. The summed E-state index contributed by atoms with van der Waals surface area (Å²) in [6.45, 7) is 1.71. The van der Waals surface area contributed by atoms with E-state index >= 15 is 0 Å². The zero-order chi connectivity index (χ0) is 16.2. The molecule has 0 saturated carbocycles. The van der Waals surface area contributed by atoms with Crippen molar-refractivity contribution in [2.45, 2.75) is 38.5 Å². The molecule has 0 spiro atoms. The van der Waals surface area contributed by atoms with Crippen molar-refractivity contribution < 1.29 is 23.1 Å². The predicted octanol–water partition coefficient (Wildman–Crippen LogP) is 2.06. The number of benzene rings is 1. The van der Waals surface area contributed by atoms with Gasteiger partial charge in [0.15, 0.2) is 0 Å². The van der Waals surface area contributed by atoms with Gasteiger partial charge in [-0.25, -0.2) is 0 Å². The molecule has 3 N–H and O–H groups in total. The molecule has 1 rings (SSSR count). The van der Waals surface area contributed by atoms with Crippen LogP contribution < -0.4 is 5.73 Å². The maximum Gasteiger partial charge on any atom is 0.406 e. The lowest BCUT2D eigenvalue weighted by Crippen LogP contribution is -2.51. The monoisotopic (exact) mass is 304 g/mol. The van der Waals surface area contributed by atoms with Gasteiger partial charge >= 0.3 is 6.18 Å². The molecule has 1 aromatic rings. The van der Waals surface area contributed by atoms with Crippen LogP contribution in [0.15, 0.2) is 24.3 Å². The van der Waals surface area contributed by atoms with Crippen LogP contribution in [0.2, 0.25) is 0 Å². The zero-order valence-electron chi connectivity index (χ0n) is 11.9. The molecule has 1 aromatic carbocycles. The van der Waals surface area contributed by atoms with Crippen LogP contribution in [0.25, 0.3) is 0 Å². The summed E-state index contributed by atoms with van der Waals surface area (Å²) in [6.07, 6.45) is -4.35. The van der Waals surface area contributed by atoms with Gasteiger partial charge in [-0.2, -0.15) is 13.2 Å². The fourth-order valence-electron chi connectivity index (χ4n) is 1.89. The number of amides is 1. The van der Waals surface area contributed by atoms with Gasteiger partial charge in [-0.3, -0.25) is 4.79 Å². The van der Waals surface area contributed by atoms with Gasteiger partial charge in [0.25, 0.3) is 0 Å². The highest BCUT2D eigenvalue weighted by atomic mass is 19.4. The molecule has 1 unspecified atom stereocenters. The van der Waals surface area contributed by atoms with Crippen molar-refractivity contribution in [2.75, 3.05) is 6.54 Å². The van der Waals surface area contributed by atoms with Crippen molar-refractivity contribution in [1.82, 2.24) is 4.90 Å². The van der Waals surface area contributed by atoms with Crippen molar-refractivity contribution in [3.63, 3.8) is 0 Å². The van der Waals surface area contributed by atoms with Crippen LogP contribution in [0.1, 0.15) is 19.4 Å². The highest BCUT2D eigenvalue weighted by Crippen LogP contribution is 2.19. The van der Waals surface area contributed by atoms with E-state index in [0.29, 0.717) is 5.56 Å². The minimum absolute atomic E-state index is 0.0690. The summed E-state index contributed by atoms with van der Waals surface area (Å²) >= 11 is 0. The first-order valence-electron chi connectivity index (χ1n) is 6.51. The Balaban J connectivity index is 2.76. The van der Waals surface area contributed by atoms with Gasteiger partial charge in [-0.05, 0) is 38.0 Å². The van der Waals surface area contributed by atoms with Crippen molar-refractivity contribution >= 4 is 5.91 Å². The lowest BCUT2D eigenvalue weighted by Gasteiger charge is -2.30. The number of hydrogen-bond donors (Lipinski definition) is 2. The largest absolute Gasteiger partial charge is 0.508 e. The van der Waals surface area contributed by atoms with Crippen molar-refractivity contribution in [2.24, 2.45) is 5.73 Å². The van der Waals surface area contributed by atoms with E-state index in [-0.39, 0.29) is 12.2 Å². The van der Waals surface area contributed by atoms with E-state index in [9.17, 15) is 18.0 Å². The van der Waals surface area contributed by atoms with Gasteiger partial charge in [0, 0.05) is 6.04 Å². The van der Waals surface area contributed by atoms with E-state index < -0.39 is 30.7 Å². The smallest absolute Gasteiger partial charge is 0.406 e. The van der Waals surface area contributed by atoms with Gasteiger partial charge in [-0.15, -0.1) is 0 Å². The second-order valence-electron chi connectivity index (χ2n) is 5.15. The minimum Gasteiger partial charge on any atom is -0.508 e. The molecule has 118 valence electrons. The Morgan fingerprint density at radius 2 is 1.81 bits per heavy atom. The van der Waals surface area contributed by atoms with E-state index in [1.54, 1.807) is 12.1 Å². The number of alkyl halides is 3. The molecule has 0 aromatic heterocycles. The van der Waals surface area contributed by atoms with Crippen LogP contribution in [-0.2, 0) is 11.2 Å². The van der Waals surface area contributed by atoms with E-state index in [2.05, 4.69) is 0 Å². The second-order valence-corrected chi connectivity index (χ2v) is 5.15. The molecule has 1 amide bonds. The minimum atomic E-state index is -4.46. The molecule has 0 fully saturated rings. The third-order valence-electron chi connectivity index (χ3n) is 2.97. The molecular weight excluding hydrogens is 285 g/mol. The third-order valence-corrected chi connectivity index (χ3v) is 2.97. The van der Waals surface area contributed by atoms with E-state index in [4.69, 9.17) is 10.8 Å². The Bertz CT molecular complexity index is 472. The number of carbonyl (C=O) groups excluding carboxylic acids is 1. The number of halogens is 3. The summed E-state index contributed by atoms with van der Waals surface area (Å²) in [7, 11) is 0. The van der Waals surface area contributed by atoms with Crippen LogP contribution in [0, 0.1) is 0 Å². The van der Waals surface area contributed by atoms with Gasteiger partial charge in [-0.1, -0.05) is 12.1 Å². The van der Waals surface area contributed by atoms with Crippen LogP contribution in [-0.4, -0.2) is 40.7 Å². The number of nitrogens with zero attached hydrogens (tertiary/aromatic N) is 1. The quantitative estimate of drug-likeness (QED) is 0.875. The fourth-order valence-corrected chi connectivity index (χ4v) is 1.89. The van der Waals surface area contributed by atoms with Gasteiger partial charge in [0.1, 0.15) is 12.3 Å². The number of carbonyl (C=O) groups is 1. The zero-order valence-corrected chi connectivity index (χ0v) is 11.9. The van der Waals surface area contributed by atoms with Crippen LogP contribution in [0.3, 0.4) is 0 Å². The summed E-state index contributed by atoms with van der Waals surface area (Å²) in [5.74, 6) is -0.671. The van der Waals surface area contributed by atoms with E-state index in [0.717, 1.165) is 4.90 Å². The van der Waals surface area contributed by atoms with E-state index in [1.807, 2.05) is 0 Å². The fraction of sp³-hybridized carbons (Fsp3) is 0.500. The lowest BCUT2D eigenvalue weighted by molar-refractivity contribution is -0.165. The van der Waals surface area contributed by atoms with Gasteiger partial charge in [0.2, 0.25) is 5.91 Å². The maximum absolute atomic E-state index is 12.5. The normalized spacial score (nSPS) is 13.3. The second kappa shape index (κ2) is 6.80. The van der Waals surface area contributed by atoms with Crippen molar-refractivity contribution in [3.8, 4) is 5.75 Å². The lowest BCUT2D eigenvalue weighted by atomic mass is 10.0. The highest BCUT2D eigenvalue weighted by Gasteiger charge is 2.35. The molecular formula is C14H19F3N2O2. The molecule has 1 atom stereocenters. The highest BCUT2D eigenvalue weighted by molar-refractivity contribution is 5.82. The summed E-state index contributed by atoms with van der Waals surface area (Å²) in [5.41, 5.74) is 6.39. The Hall–Kier alpha value is -1.76. The summed E-state index contributed by atoms with van der Waals surface area (Å²) < 4.78 is 37.5. The standard InChI is InChI=1S/C14H19F3N2O2/c1-9(2)19(8-14(15,16)17)13(21)12(18)7-10-3-5-11(20)6-4-10/h3-6,9,12,20H,7-8,18H2,1-2H3. The SMILES string of the molecule is CC(C)N(CC(F)(F)F)C(=O)C(N)Cc1ccc(O)cc1. The molecule has 0 bridgehead atoms. The molecule has 0 saturated heterocycles. The Kier molecular flexibility index (Phi) is 5.60. The molecule has 0 radical (unpaired) electrons. The van der Waals surface area contributed by atoms with Crippen LogP contribution in [0.4, 0.5) is 13.2 Å². The molecule has 7 heteroatoms. The number of rotatable bonds is 5. The number of phenolic OH excluding ortho intramolecular Hbond substituents is 1. The first-order valence-corrected chi connectivity index (χ1v) is 6.51. The Morgan fingerprint density at radius 1 is 1.29 bits per heavy atom. The van der Waals surface area contributed by atoms with Crippen LogP contribution >= 0.6 is 0 Å². The number of nitrogens with two attached hydrogens (primary N) is 1. The predicted molar refractivity (Wildman–Crippen MR) is 72.7 cm³/mol.